The summed E-state index contributed by atoms with van der Waals surface area (Å²) in [7, 11) is 0. The fraction of sp³-hybridized carbons (Fsp3) is 0.500. The van der Waals surface area contributed by atoms with Crippen molar-refractivity contribution < 1.29 is 14.3 Å². The highest BCUT2D eigenvalue weighted by atomic mass is 16.6. The Morgan fingerprint density at radius 1 is 1.17 bits per heavy atom. The summed E-state index contributed by atoms with van der Waals surface area (Å²) in [5, 5.41) is 0. The smallest absolute Gasteiger partial charge is 0.410 e. The SMILES string of the molecule is C=C(C)C(=O)C1CC2CCCC(C1)N2C(=O)OCc1ccccc1. The van der Waals surface area contributed by atoms with Gasteiger partial charge in [-0.15, -0.1) is 0 Å². The van der Waals surface area contributed by atoms with E-state index in [2.05, 4.69) is 6.58 Å². The number of rotatable bonds is 4. The number of ketones is 1. The summed E-state index contributed by atoms with van der Waals surface area (Å²) >= 11 is 0. The van der Waals surface area contributed by atoms with Crippen LogP contribution in [-0.4, -0.2) is 28.9 Å². The second-order valence-electron chi connectivity index (χ2n) is 7.00. The second-order valence-corrected chi connectivity index (χ2v) is 7.00. The Labute approximate surface area is 143 Å². The van der Waals surface area contributed by atoms with Crippen LogP contribution in [0.5, 0.6) is 0 Å². The third kappa shape index (κ3) is 3.53. The maximum absolute atomic E-state index is 12.6. The number of Topliss-reactive ketones (excluding diaryl/α,β-unsaturated/α-hetero) is 1. The lowest BCUT2D eigenvalue weighted by Gasteiger charge is -2.47. The number of benzene rings is 1. The van der Waals surface area contributed by atoms with Gasteiger partial charge < -0.3 is 9.64 Å². The minimum atomic E-state index is -0.241. The number of nitrogens with zero attached hydrogens (tertiary/aromatic N) is 1. The normalized spacial score (nSPS) is 25.9. The molecule has 1 aromatic carbocycles. The minimum Gasteiger partial charge on any atom is -0.445 e. The van der Waals surface area contributed by atoms with E-state index in [1.807, 2.05) is 35.2 Å². The molecule has 0 N–H and O–H groups in total. The second kappa shape index (κ2) is 7.20. The lowest BCUT2D eigenvalue weighted by atomic mass is 9.76. The van der Waals surface area contributed by atoms with Crippen molar-refractivity contribution in [1.82, 2.24) is 4.90 Å². The van der Waals surface area contributed by atoms with Gasteiger partial charge in [-0.2, -0.15) is 0 Å². The Morgan fingerprint density at radius 3 is 2.38 bits per heavy atom. The molecule has 128 valence electrons. The molecule has 2 fully saturated rings. The summed E-state index contributed by atoms with van der Waals surface area (Å²) in [5.74, 6) is 0.167. The van der Waals surface area contributed by atoms with Crippen molar-refractivity contribution in [2.24, 2.45) is 5.92 Å². The maximum Gasteiger partial charge on any atom is 0.410 e. The van der Waals surface area contributed by atoms with Crippen LogP contribution in [0.2, 0.25) is 0 Å². The number of ether oxygens (including phenoxy) is 1. The predicted molar refractivity (Wildman–Crippen MR) is 92.4 cm³/mol. The number of amides is 1. The van der Waals surface area contributed by atoms with Crippen LogP contribution >= 0.6 is 0 Å². The molecule has 24 heavy (non-hydrogen) atoms. The molecule has 2 saturated heterocycles. The first-order chi connectivity index (χ1) is 11.6. The topological polar surface area (TPSA) is 46.6 Å². The van der Waals surface area contributed by atoms with Gasteiger partial charge in [-0.25, -0.2) is 4.79 Å². The summed E-state index contributed by atoms with van der Waals surface area (Å²) < 4.78 is 5.53. The first-order valence-electron chi connectivity index (χ1n) is 8.75. The Hall–Kier alpha value is -2.10. The van der Waals surface area contributed by atoms with E-state index in [1.54, 1.807) is 6.92 Å². The fourth-order valence-corrected chi connectivity index (χ4v) is 4.04. The highest BCUT2D eigenvalue weighted by molar-refractivity contribution is 5.96. The molecular formula is C20H25NO3. The largest absolute Gasteiger partial charge is 0.445 e. The lowest BCUT2D eigenvalue weighted by Crippen LogP contribution is -2.55. The zero-order valence-corrected chi connectivity index (χ0v) is 14.2. The summed E-state index contributed by atoms with van der Waals surface area (Å²) in [6.07, 6.45) is 4.26. The molecule has 3 rings (SSSR count). The van der Waals surface area contributed by atoms with Crippen LogP contribution in [0.25, 0.3) is 0 Å². The number of carbonyl (C=O) groups is 2. The van der Waals surface area contributed by atoms with E-state index < -0.39 is 0 Å². The Bertz CT molecular complexity index is 611. The number of fused-ring (bicyclic) bond motifs is 2. The van der Waals surface area contributed by atoms with Crippen molar-refractivity contribution in [3.63, 3.8) is 0 Å². The van der Waals surface area contributed by atoms with E-state index in [9.17, 15) is 9.59 Å². The van der Waals surface area contributed by atoms with Crippen molar-refractivity contribution in [2.45, 2.75) is 57.7 Å². The number of carbonyl (C=O) groups excluding carboxylic acids is 2. The molecule has 0 aliphatic carbocycles. The molecule has 0 spiro atoms. The van der Waals surface area contributed by atoms with Crippen molar-refractivity contribution in [3.05, 3.63) is 48.0 Å². The van der Waals surface area contributed by atoms with Crippen LogP contribution in [0, 0.1) is 5.92 Å². The maximum atomic E-state index is 12.6. The number of piperidine rings is 2. The first-order valence-corrected chi connectivity index (χ1v) is 8.75. The predicted octanol–water partition coefficient (Wildman–Crippen LogP) is 4.10. The standard InChI is InChI=1S/C20H25NO3/c1-14(2)19(22)16-11-17-9-6-10-18(12-16)21(17)20(23)24-13-15-7-4-3-5-8-15/h3-5,7-8,16-18H,1,6,9-13H2,2H3. The van der Waals surface area contributed by atoms with Gasteiger partial charge in [0.15, 0.2) is 5.78 Å². The average molecular weight is 327 g/mol. The van der Waals surface area contributed by atoms with Gasteiger partial charge in [-0.05, 0) is 50.2 Å². The van der Waals surface area contributed by atoms with Crippen molar-refractivity contribution in [2.75, 3.05) is 0 Å². The summed E-state index contributed by atoms with van der Waals surface area (Å²) in [5.41, 5.74) is 1.61. The molecule has 4 heteroatoms. The van der Waals surface area contributed by atoms with Gasteiger partial charge in [0.1, 0.15) is 6.61 Å². The van der Waals surface area contributed by atoms with Crippen LogP contribution in [0.1, 0.15) is 44.6 Å². The van der Waals surface area contributed by atoms with E-state index in [0.717, 1.165) is 37.7 Å². The first kappa shape index (κ1) is 16.7. The number of allylic oxidation sites excluding steroid dienone is 1. The van der Waals surface area contributed by atoms with E-state index in [1.165, 1.54) is 0 Å². The molecule has 0 saturated carbocycles. The molecule has 4 nitrogen and oxygen atoms in total. The van der Waals surface area contributed by atoms with Gasteiger partial charge in [-0.3, -0.25) is 4.79 Å². The molecule has 2 aliphatic rings. The lowest BCUT2D eigenvalue weighted by molar-refractivity contribution is -0.122. The summed E-state index contributed by atoms with van der Waals surface area (Å²) in [6.45, 7) is 5.86. The number of hydrogen-bond acceptors (Lipinski definition) is 3. The van der Waals surface area contributed by atoms with Gasteiger partial charge in [0.05, 0.1) is 0 Å². The molecule has 1 aromatic rings. The van der Waals surface area contributed by atoms with Crippen molar-refractivity contribution in [3.8, 4) is 0 Å². The Morgan fingerprint density at radius 2 is 1.79 bits per heavy atom. The van der Waals surface area contributed by atoms with Gasteiger partial charge in [0, 0.05) is 18.0 Å². The van der Waals surface area contributed by atoms with Crippen LogP contribution < -0.4 is 0 Å². The minimum absolute atomic E-state index is 0.0102. The fourth-order valence-electron chi connectivity index (χ4n) is 4.04. The third-order valence-electron chi connectivity index (χ3n) is 5.18. The van der Waals surface area contributed by atoms with Gasteiger partial charge in [-0.1, -0.05) is 36.9 Å². The van der Waals surface area contributed by atoms with Gasteiger partial charge in [0.2, 0.25) is 0 Å². The third-order valence-corrected chi connectivity index (χ3v) is 5.18. The van der Waals surface area contributed by atoms with Crippen molar-refractivity contribution in [1.29, 1.82) is 0 Å². The summed E-state index contributed by atoms with van der Waals surface area (Å²) in [6, 6.07) is 9.96. The van der Waals surface area contributed by atoms with Crippen LogP contribution in [-0.2, 0) is 16.1 Å². The van der Waals surface area contributed by atoms with E-state index >= 15 is 0 Å². The average Bonchev–Trinajstić information content (AvgIpc) is 2.58. The molecule has 2 bridgehead atoms. The number of hydrogen-bond donors (Lipinski definition) is 0. The molecule has 2 atom stereocenters. The van der Waals surface area contributed by atoms with Gasteiger partial charge in [0.25, 0.3) is 0 Å². The van der Waals surface area contributed by atoms with E-state index in [4.69, 9.17) is 4.74 Å². The van der Waals surface area contributed by atoms with Crippen molar-refractivity contribution >= 4 is 11.9 Å². The molecule has 2 aliphatic heterocycles. The highest BCUT2D eigenvalue weighted by Gasteiger charge is 2.43. The zero-order chi connectivity index (χ0) is 17.1. The van der Waals surface area contributed by atoms with Crippen LogP contribution in [0.15, 0.2) is 42.5 Å². The molecule has 1 amide bonds. The quantitative estimate of drug-likeness (QED) is 0.782. The van der Waals surface area contributed by atoms with Gasteiger partial charge >= 0.3 is 6.09 Å². The Kier molecular flexibility index (Phi) is 5.03. The van der Waals surface area contributed by atoms with E-state index in [-0.39, 0.29) is 29.9 Å². The molecule has 2 unspecified atom stereocenters. The molecular weight excluding hydrogens is 302 g/mol. The van der Waals surface area contributed by atoms with E-state index in [0.29, 0.717) is 12.2 Å². The molecule has 2 heterocycles. The van der Waals surface area contributed by atoms with Crippen LogP contribution in [0.4, 0.5) is 4.79 Å². The highest BCUT2D eigenvalue weighted by Crippen LogP contribution is 2.38. The molecule has 0 radical (unpaired) electrons. The summed E-state index contributed by atoms with van der Waals surface area (Å²) in [4.78, 5) is 26.8. The molecule has 0 aromatic heterocycles. The van der Waals surface area contributed by atoms with Crippen LogP contribution in [0.3, 0.4) is 0 Å². The Balaban J connectivity index is 1.64. The zero-order valence-electron chi connectivity index (χ0n) is 14.2. The monoisotopic (exact) mass is 327 g/mol.